The molecule has 0 spiro atoms. The van der Waals surface area contributed by atoms with Gasteiger partial charge in [0.1, 0.15) is 5.75 Å². The smallest absolute Gasteiger partial charge is 0.212 e. The van der Waals surface area contributed by atoms with E-state index in [9.17, 15) is 4.79 Å². The average molecular weight is 208 g/mol. The molecule has 0 aliphatic heterocycles. The Kier molecular flexibility index (Phi) is 3.77. The van der Waals surface area contributed by atoms with Crippen molar-refractivity contribution in [3.05, 3.63) is 35.4 Å². The molecule has 0 N–H and O–H groups in total. The van der Waals surface area contributed by atoms with E-state index >= 15 is 0 Å². The molecule has 3 heteroatoms. The Labute approximate surface area is 89.0 Å². The Morgan fingerprint density at radius 3 is 2.64 bits per heavy atom. The molecule has 1 aromatic rings. The first kappa shape index (κ1) is 10.9. The van der Waals surface area contributed by atoms with Gasteiger partial charge in [0.25, 0.3) is 0 Å². The molecule has 0 radical (unpaired) electrons. The quantitative estimate of drug-likeness (QED) is 0.610. The van der Waals surface area contributed by atoms with Gasteiger partial charge in [0, 0.05) is 11.1 Å². The first-order chi connectivity index (χ1) is 6.65. The van der Waals surface area contributed by atoms with Gasteiger partial charge in [0.2, 0.25) is 5.12 Å². The standard InChI is InChI=1S/C11H12O2S/c1-8(11(12)14)7-9-5-3-4-6-10(9)13-2/h3-7H,1-2H3,(H,12,14). The fraction of sp³-hybridized carbons (Fsp3) is 0.182. The van der Waals surface area contributed by atoms with Gasteiger partial charge in [-0.25, -0.2) is 0 Å². The van der Waals surface area contributed by atoms with Crippen molar-refractivity contribution in [2.75, 3.05) is 7.11 Å². The van der Waals surface area contributed by atoms with Crippen molar-refractivity contribution >= 4 is 23.8 Å². The number of carbonyl (C=O) groups excluding carboxylic acids is 1. The number of para-hydroxylation sites is 1. The second kappa shape index (κ2) is 4.86. The minimum atomic E-state index is -0.226. The van der Waals surface area contributed by atoms with Gasteiger partial charge in [-0.15, -0.1) is 12.6 Å². The number of methoxy groups -OCH3 is 1. The van der Waals surface area contributed by atoms with Crippen molar-refractivity contribution < 1.29 is 9.53 Å². The molecule has 1 rings (SSSR count). The van der Waals surface area contributed by atoms with E-state index in [4.69, 9.17) is 4.74 Å². The van der Waals surface area contributed by atoms with E-state index in [1.165, 1.54) is 0 Å². The molecule has 0 saturated heterocycles. The molecule has 0 amide bonds. The SMILES string of the molecule is COc1ccccc1C=C(C)C(=O)S. The summed E-state index contributed by atoms with van der Waals surface area (Å²) >= 11 is 3.74. The zero-order chi connectivity index (χ0) is 10.6. The van der Waals surface area contributed by atoms with E-state index in [1.54, 1.807) is 20.1 Å². The largest absolute Gasteiger partial charge is 0.496 e. The Bertz CT molecular complexity index is 369. The topological polar surface area (TPSA) is 26.3 Å². The molecule has 74 valence electrons. The molecule has 2 nitrogen and oxygen atoms in total. The molecule has 0 heterocycles. The molecular formula is C11H12O2S. The monoisotopic (exact) mass is 208 g/mol. The Morgan fingerprint density at radius 1 is 1.43 bits per heavy atom. The zero-order valence-electron chi connectivity index (χ0n) is 8.15. The maximum Gasteiger partial charge on any atom is 0.212 e. The highest BCUT2D eigenvalue weighted by Crippen LogP contribution is 2.20. The molecule has 0 aliphatic carbocycles. The van der Waals surface area contributed by atoms with Crippen LogP contribution in [0.5, 0.6) is 5.75 Å². The lowest BCUT2D eigenvalue weighted by Gasteiger charge is -2.04. The van der Waals surface area contributed by atoms with Crippen molar-refractivity contribution in [2.45, 2.75) is 6.92 Å². The van der Waals surface area contributed by atoms with Gasteiger partial charge in [-0.05, 0) is 19.1 Å². The van der Waals surface area contributed by atoms with E-state index in [0.29, 0.717) is 5.57 Å². The van der Waals surface area contributed by atoms with Crippen LogP contribution in [0.15, 0.2) is 29.8 Å². The van der Waals surface area contributed by atoms with Crippen LogP contribution < -0.4 is 4.74 Å². The fourth-order valence-electron chi connectivity index (χ4n) is 1.08. The van der Waals surface area contributed by atoms with Gasteiger partial charge in [-0.1, -0.05) is 18.2 Å². The van der Waals surface area contributed by atoms with Crippen molar-refractivity contribution in [3.63, 3.8) is 0 Å². The van der Waals surface area contributed by atoms with Crippen molar-refractivity contribution in [1.29, 1.82) is 0 Å². The molecule has 0 fully saturated rings. The van der Waals surface area contributed by atoms with Crippen LogP contribution in [0.2, 0.25) is 0 Å². The second-order valence-corrected chi connectivity index (χ2v) is 3.28. The predicted octanol–water partition coefficient (Wildman–Crippen LogP) is 2.55. The number of thiol groups is 1. The van der Waals surface area contributed by atoms with Gasteiger partial charge >= 0.3 is 0 Å². The molecule has 0 aromatic heterocycles. The highest BCUT2D eigenvalue weighted by atomic mass is 32.1. The summed E-state index contributed by atoms with van der Waals surface area (Å²) < 4.78 is 5.15. The van der Waals surface area contributed by atoms with E-state index in [0.717, 1.165) is 11.3 Å². The maximum absolute atomic E-state index is 10.9. The highest BCUT2D eigenvalue weighted by molar-refractivity contribution is 7.97. The third-order valence-corrected chi connectivity index (χ3v) is 2.20. The molecule has 0 aliphatic rings. The lowest BCUT2D eigenvalue weighted by atomic mass is 10.1. The van der Waals surface area contributed by atoms with Gasteiger partial charge in [0.15, 0.2) is 0 Å². The molecule has 14 heavy (non-hydrogen) atoms. The molecular weight excluding hydrogens is 196 g/mol. The van der Waals surface area contributed by atoms with Crippen LogP contribution in [0.3, 0.4) is 0 Å². The van der Waals surface area contributed by atoms with E-state index < -0.39 is 0 Å². The van der Waals surface area contributed by atoms with E-state index in [1.807, 2.05) is 24.3 Å². The Balaban J connectivity index is 3.07. The Hall–Kier alpha value is -1.22. The number of benzene rings is 1. The molecule has 1 aromatic carbocycles. The third kappa shape index (κ3) is 2.64. The van der Waals surface area contributed by atoms with Crippen molar-refractivity contribution in [2.24, 2.45) is 0 Å². The summed E-state index contributed by atoms with van der Waals surface area (Å²) in [4.78, 5) is 10.9. The molecule has 0 unspecified atom stereocenters. The summed E-state index contributed by atoms with van der Waals surface area (Å²) in [7, 11) is 1.60. The van der Waals surface area contributed by atoms with Crippen LogP contribution in [-0.2, 0) is 4.79 Å². The van der Waals surface area contributed by atoms with E-state index in [-0.39, 0.29) is 5.12 Å². The normalized spacial score (nSPS) is 11.2. The van der Waals surface area contributed by atoms with Crippen LogP contribution in [0.4, 0.5) is 0 Å². The van der Waals surface area contributed by atoms with Crippen LogP contribution in [0.25, 0.3) is 6.08 Å². The van der Waals surface area contributed by atoms with Crippen LogP contribution in [-0.4, -0.2) is 12.2 Å². The molecule has 0 bridgehead atoms. The minimum absolute atomic E-state index is 0.226. The van der Waals surface area contributed by atoms with Crippen LogP contribution >= 0.6 is 12.6 Å². The lowest BCUT2D eigenvalue weighted by Crippen LogP contribution is -1.90. The predicted molar refractivity (Wildman–Crippen MR) is 60.6 cm³/mol. The lowest BCUT2D eigenvalue weighted by molar-refractivity contribution is -0.107. The number of rotatable bonds is 3. The van der Waals surface area contributed by atoms with Gasteiger partial charge in [0.05, 0.1) is 7.11 Å². The third-order valence-electron chi connectivity index (χ3n) is 1.85. The zero-order valence-corrected chi connectivity index (χ0v) is 9.04. The van der Waals surface area contributed by atoms with Crippen molar-refractivity contribution in [3.8, 4) is 5.75 Å². The Morgan fingerprint density at radius 2 is 2.07 bits per heavy atom. The summed E-state index contributed by atoms with van der Waals surface area (Å²) in [5.74, 6) is 0.751. The van der Waals surface area contributed by atoms with E-state index in [2.05, 4.69) is 12.6 Å². The average Bonchev–Trinajstić information content (AvgIpc) is 2.18. The summed E-state index contributed by atoms with van der Waals surface area (Å²) in [5, 5.41) is -0.226. The summed E-state index contributed by atoms with van der Waals surface area (Å²) in [6.45, 7) is 1.72. The van der Waals surface area contributed by atoms with Gasteiger partial charge < -0.3 is 4.74 Å². The minimum Gasteiger partial charge on any atom is -0.496 e. The molecule has 0 atom stereocenters. The fourth-order valence-corrected chi connectivity index (χ4v) is 1.15. The number of hydrogen-bond donors (Lipinski definition) is 1. The second-order valence-electron chi connectivity index (χ2n) is 2.87. The summed E-state index contributed by atoms with van der Waals surface area (Å²) in [6, 6.07) is 7.51. The highest BCUT2D eigenvalue weighted by Gasteiger charge is 2.01. The molecule has 0 saturated carbocycles. The van der Waals surface area contributed by atoms with Gasteiger partial charge in [-0.3, -0.25) is 4.79 Å². The first-order valence-corrected chi connectivity index (χ1v) is 4.64. The maximum atomic E-state index is 10.9. The van der Waals surface area contributed by atoms with Crippen LogP contribution in [0, 0.1) is 0 Å². The number of hydrogen-bond acceptors (Lipinski definition) is 2. The summed E-state index contributed by atoms with van der Waals surface area (Å²) in [6.07, 6.45) is 1.76. The van der Waals surface area contributed by atoms with Gasteiger partial charge in [-0.2, -0.15) is 0 Å². The number of carbonyl (C=O) groups is 1. The first-order valence-electron chi connectivity index (χ1n) is 4.19. The summed E-state index contributed by atoms with van der Waals surface area (Å²) in [5.41, 5.74) is 1.48. The van der Waals surface area contributed by atoms with Crippen molar-refractivity contribution in [1.82, 2.24) is 0 Å². The number of ether oxygens (including phenoxy) is 1. The van der Waals surface area contributed by atoms with Crippen LogP contribution in [0.1, 0.15) is 12.5 Å².